The van der Waals surface area contributed by atoms with Gasteiger partial charge in [0.15, 0.2) is 11.5 Å². The van der Waals surface area contributed by atoms with E-state index in [4.69, 9.17) is 9.47 Å². The molecule has 1 aromatic carbocycles. The number of imidazole rings is 1. The van der Waals surface area contributed by atoms with Gasteiger partial charge in [-0.05, 0) is 75.5 Å². The summed E-state index contributed by atoms with van der Waals surface area (Å²) in [5, 5.41) is 3.75. The van der Waals surface area contributed by atoms with Crippen LogP contribution in [0, 0.1) is 5.92 Å². The molecule has 0 bridgehead atoms. The molecule has 4 heterocycles. The molecule has 6 rings (SSSR count). The highest BCUT2D eigenvalue weighted by atomic mass is 16.5. The Kier molecular flexibility index (Phi) is 6.33. The molecule has 8 heteroatoms. The summed E-state index contributed by atoms with van der Waals surface area (Å²) >= 11 is 0. The summed E-state index contributed by atoms with van der Waals surface area (Å²) in [4.78, 5) is 18.7. The van der Waals surface area contributed by atoms with Crippen LogP contribution in [0.4, 0.5) is 5.82 Å². The lowest BCUT2D eigenvalue weighted by Crippen LogP contribution is -2.36. The van der Waals surface area contributed by atoms with E-state index in [1.54, 1.807) is 12.7 Å². The Bertz CT molecular complexity index is 1160. The molecule has 2 saturated heterocycles. The van der Waals surface area contributed by atoms with E-state index in [2.05, 4.69) is 62.2 Å². The van der Waals surface area contributed by atoms with E-state index >= 15 is 0 Å². The van der Waals surface area contributed by atoms with Crippen LogP contribution in [0.1, 0.15) is 50.7 Å². The fourth-order valence-corrected chi connectivity index (χ4v) is 6.29. The van der Waals surface area contributed by atoms with E-state index in [-0.39, 0.29) is 12.1 Å². The van der Waals surface area contributed by atoms with E-state index in [9.17, 15) is 0 Å². The first-order chi connectivity index (χ1) is 17.2. The van der Waals surface area contributed by atoms with Gasteiger partial charge in [-0.15, -0.1) is 0 Å². The number of aromatic nitrogens is 4. The van der Waals surface area contributed by atoms with Crippen LogP contribution in [0.3, 0.4) is 0 Å². The number of H-pyrrole nitrogens is 1. The first kappa shape index (κ1) is 22.7. The van der Waals surface area contributed by atoms with Gasteiger partial charge < -0.3 is 24.7 Å². The lowest BCUT2D eigenvalue weighted by molar-refractivity contribution is 0.0176. The van der Waals surface area contributed by atoms with Crippen LogP contribution < -0.4 is 15.0 Å². The molecule has 3 unspecified atom stereocenters. The number of benzene rings is 1. The fraction of sp³-hybridized carbons (Fsp3) is 0.593. The minimum atomic E-state index is 0.287. The lowest BCUT2D eigenvalue weighted by Gasteiger charge is -2.31. The predicted octanol–water partition coefficient (Wildman–Crippen LogP) is 3.66. The zero-order chi connectivity index (χ0) is 23.8. The highest BCUT2D eigenvalue weighted by molar-refractivity contribution is 5.83. The summed E-state index contributed by atoms with van der Waals surface area (Å²) < 4.78 is 12.6. The van der Waals surface area contributed by atoms with E-state index in [0.717, 1.165) is 62.3 Å². The Morgan fingerprint density at radius 1 is 1.17 bits per heavy atom. The lowest BCUT2D eigenvalue weighted by atomic mass is 9.79. The Balaban J connectivity index is 1.14. The molecule has 3 aromatic rings. The van der Waals surface area contributed by atoms with Crippen LogP contribution >= 0.6 is 0 Å². The molecule has 0 radical (unpaired) electrons. The largest absolute Gasteiger partial charge is 0.491 e. The molecule has 3 aliphatic rings. The third-order valence-corrected chi connectivity index (χ3v) is 7.92. The molecule has 2 aromatic heterocycles. The fourth-order valence-electron chi connectivity index (χ4n) is 6.29. The van der Waals surface area contributed by atoms with Gasteiger partial charge >= 0.3 is 0 Å². The van der Waals surface area contributed by atoms with Crippen LogP contribution in [0.15, 0.2) is 30.9 Å². The number of anilines is 1. The summed E-state index contributed by atoms with van der Waals surface area (Å²) in [7, 11) is 0. The van der Waals surface area contributed by atoms with Crippen molar-refractivity contribution in [2.75, 3.05) is 24.6 Å². The van der Waals surface area contributed by atoms with Gasteiger partial charge in [-0.2, -0.15) is 0 Å². The third kappa shape index (κ3) is 4.61. The zero-order valence-corrected chi connectivity index (χ0v) is 20.7. The molecule has 35 heavy (non-hydrogen) atoms. The molecule has 4 atom stereocenters. The maximum Gasteiger partial charge on any atom is 0.182 e. The molecule has 8 nitrogen and oxygen atoms in total. The summed E-state index contributed by atoms with van der Waals surface area (Å²) in [5.41, 5.74) is 4.47. The number of hydrogen-bond donors (Lipinski definition) is 2. The van der Waals surface area contributed by atoms with Crippen molar-refractivity contribution in [2.24, 2.45) is 5.92 Å². The van der Waals surface area contributed by atoms with E-state index in [0.29, 0.717) is 30.3 Å². The van der Waals surface area contributed by atoms with Crippen molar-refractivity contribution in [1.29, 1.82) is 0 Å². The molecule has 0 spiro atoms. The molecule has 2 N–H and O–H groups in total. The van der Waals surface area contributed by atoms with Gasteiger partial charge in [-0.25, -0.2) is 15.0 Å². The van der Waals surface area contributed by atoms with Gasteiger partial charge in [0, 0.05) is 19.1 Å². The van der Waals surface area contributed by atoms with Gasteiger partial charge in [0.2, 0.25) is 0 Å². The maximum absolute atomic E-state index is 6.56. The van der Waals surface area contributed by atoms with Crippen LogP contribution in [-0.4, -0.2) is 63.9 Å². The molecular formula is C27H36N6O2. The average molecular weight is 477 g/mol. The van der Waals surface area contributed by atoms with Crippen molar-refractivity contribution in [3.8, 4) is 5.75 Å². The van der Waals surface area contributed by atoms with Crippen molar-refractivity contribution < 1.29 is 9.47 Å². The standard InChI is InChI=1S/C27H36N6O2/c1-17(2)35-21-12-23(28-13-21)19-9-8-18-5-3-7-24(22(18)11-19)34-14-20-6-4-10-33(20)27-25-26(30-15-29-25)31-16-32-27/h3,5,7,15-17,19-21,23,28H,4,6,8-14H2,1-2H3,(H,29,30,31,32)/t19?,20-,21?,23?/m1/s1. The number of ether oxygens (including phenoxy) is 2. The molecule has 0 amide bonds. The van der Waals surface area contributed by atoms with Crippen molar-refractivity contribution in [3.63, 3.8) is 0 Å². The minimum absolute atomic E-state index is 0.287. The first-order valence-corrected chi connectivity index (χ1v) is 13.2. The number of nitrogens with zero attached hydrogens (tertiary/aromatic N) is 4. The Morgan fingerprint density at radius 2 is 2.11 bits per heavy atom. The molecular weight excluding hydrogens is 440 g/mol. The molecule has 186 valence electrons. The number of hydrogen-bond acceptors (Lipinski definition) is 7. The minimum Gasteiger partial charge on any atom is -0.491 e. The molecule has 1 aliphatic carbocycles. The normalized spacial score (nSPS) is 26.5. The zero-order valence-electron chi connectivity index (χ0n) is 20.7. The average Bonchev–Trinajstić information content (AvgIpc) is 3.62. The quantitative estimate of drug-likeness (QED) is 0.538. The van der Waals surface area contributed by atoms with Crippen LogP contribution in [0.5, 0.6) is 5.75 Å². The second kappa shape index (κ2) is 9.74. The van der Waals surface area contributed by atoms with Crippen LogP contribution in [0.2, 0.25) is 0 Å². The number of rotatable bonds is 7. The Morgan fingerprint density at radius 3 is 3.03 bits per heavy atom. The highest BCUT2D eigenvalue weighted by Gasteiger charge is 2.34. The van der Waals surface area contributed by atoms with Gasteiger partial charge in [0.25, 0.3) is 0 Å². The second-order valence-corrected chi connectivity index (χ2v) is 10.6. The van der Waals surface area contributed by atoms with Crippen molar-refractivity contribution in [1.82, 2.24) is 25.3 Å². The SMILES string of the molecule is CC(C)OC1CNC(C2CCc3cccc(OC[C@H]4CCCN4c4ncnc5nc[nH]c45)c3C2)C1. The maximum atomic E-state index is 6.56. The summed E-state index contributed by atoms with van der Waals surface area (Å²) in [6.07, 6.45) is 10.7. The van der Waals surface area contributed by atoms with Crippen molar-refractivity contribution >= 4 is 17.0 Å². The topological polar surface area (TPSA) is 88.2 Å². The molecule has 0 saturated carbocycles. The molecule has 2 aliphatic heterocycles. The van der Waals surface area contributed by atoms with E-state index in [1.165, 1.54) is 17.5 Å². The van der Waals surface area contributed by atoms with Crippen molar-refractivity contribution in [2.45, 2.75) is 76.7 Å². The predicted molar refractivity (Wildman–Crippen MR) is 136 cm³/mol. The number of aromatic amines is 1. The Hall–Kier alpha value is -2.71. The van der Waals surface area contributed by atoms with Gasteiger partial charge in [0.1, 0.15) is 24.2 Å². The second-order valence-electron chi connectivity index (χ2n) is 10.6. The van der Waals surface area contributed by atoms with Crippen LogP contribution in [0.25, 0.3) is 11.2 Å². The summed E-state index contributed by atoms with van der Waals surface area (Å²) in [6.45, 7) is 6.85. The van der Waals surface area contributed by atoms with Crippen LogP contribution in [-0.2, 0) is 17.6 Å². The highest BCUT2D eigenvalue weighted by Crippen LogP contribution is 2.36. The summed E-state index contributed by atoms with van der Waals surface area (Å²) in [5.74, 6) is 2.62. The summed E-state index contributed by atoms with van der Waals surface area (Å²) in [6, 6.07) is 7.41. The van der Waals surface area contributed by atoms with Gasteiger partial charge in [-0.3, -0.25) is 0 Å². The van der Waals surface area contributed by atoms with Gasteiger partial charge in [-0.1, -0.05) is 12.1 Å². The smallest absolute Gasteiger partial charge is 0.182 e. The Labute approximate surface area is 206 Å². The first-order valence-electron chi connectivity index (χ1n) is 13.2. The van der Waals surface area contributed by atoms with Crippen molar-refractivity contribution in [3.05, 3.63) is 42.0 Å². The van der Waals surface area contributed by atoms with E-state index in [1.807, 2.05) is 0 Å². The number of nitrogens with one attached hydrogen (secondary N) is 2. The van der Waals surface area contributed by atoms with E-state index < -0.39 is 0 Å². The molecule has 2 fully saturated rings. The third-order valence-electron chi connectivity index (χ3n) is 7.92. The number of fused-ring (bicyclic) bond motifs is 2. The number of aryl methyl sites for hydroxylation is 1. The monoisotopic (exact) mass is 476 g/mol. The van der Waals surface area contributed by atoms with Gasteiger partial charge in [0.05, 0.1) is 24.6 Å².